The number of piperazine rings is 1. The number of fused-ring (bicyclic) bond motifs is 2. The van der Waals surface area contributed by atoms with Crippen molar-refractivity contribution in [1.29, 1.82) is 0 Å². The minimum atomic E-state index is -3.78. The summed E-state index contributed by atoms with van der Waals surface area (Å²) in [6, 6.07) is 6.94. The molecule has 10 nitrogen and oxygen atoms in total. The molecule has 2 N–H and O–H groups in total. The van der Waals surface area contributed by atoms with E-state index in [2.05, 4.69) is 27.4 Å². The van der Waals surface area contributed by atoms with Crippen molar-refractivity contribution in [2.24, 2.45) is 0 Å². The Kier molecular flexibility index (Phi) is 7.37. The van der Waals surface area contributed by atoms with Crippen LogP contribution >= 0.6 is 46.5 Å². The number of thiazole rings is 1. The van der Waals surface area contributed by atoms with E-state index in [1.54, 1.807) is 23.1 Å². The van der Waals surface area contributed by atoms with Crippen molar-refractivity contribution in [2.45, 2.75) is 49.0 Å². The van der Waals surface area contributed by atoms with Crippen molar-refractivity contribution in [2.75, 3.05) is 19.6 Å². The number of thiophene rings is 1. The first-order chi connectivity index (χ1) is 18.7. The Balaban J connectivity index is 1.27. The molecule has 2 aliphatic rings. The Morgan fingerprint density at radius 2 is 2.10 bits per heavy atom. The lowest BCUT2D eigenvalue weighted by atomic mass is 10.1. The number of carbonyl (C=O) groups is 1. The summed E-state index contributed by atoms with van der Waals surface area (Å²) in [6.45, 7) is 3.40. The number of aryl methyl sites for hydroxylation is 1. The number of hydrogen-bond acceptors (Lipinski definition) is 10. The number of aromatic nitrogens is 3. The van der Waals surface area contributed by atoms with Crippen LogP contribution in [0.15, 0.2) is 33.0 Å². The van der Waals surface area contributed by atoms with Crippen LogP contribution in [0.4, 0.5) is 0 Å². The highest BCUT2D eigenvalue weighted by Crippen LogP contribution is 2.34. The first-order valence-corrected chi connectivity index (χ1v) is 16.3. The maximum atomic E-state index is 13.7. The van der Waals surface area contributed by atoms with Gasteiger partial charge in [-0.25, -0.2) is 18.6 Å². The summed E-state index contributed by atoms with van der Waals surface area (Å²) in [5.74, 6) is 0.382. The van der Waals surface area contributed by atoms with E-state index in [4.69, 9.17) is 28.3 Å². The second-order valence-corrected chi connectivity index (χ2v) is 14.8. The normalized spacial score (nSPS) is 20.4. The van der Waals surface area contributed by atoms with E-state index >= 15 is 0 Å². The number of H-pyrrole nitrogens is 1. The minimum Gasteiger partial charge on any atom is -0.348 e. The highest BCUT2D eigenvalue weighted by Gasteiger charge is 2.38. The smallest absolute Gasteiger partial charge is 0.314 e. The number of amides is 1. The van der Waals surface area contributed by atoms with Crippen molar-refractivity contribution in [3.8, 4) is 0 Å². The zero-order valence-electron chi connectivity index (χ0n) is 20.8. The Morgan fingerprint density at radius 3 is 2.90 bits per heavy atom. The number of halogens is 1. The number of rotatable bonds is 6. The average molecular weight is 625 g/mol. The molecule has 2 atom stereocenters. The third-order valence-electron chi connectivity index (χ3n) is 7.03. The minimum absolute atomic E-state index is 0.104. The maximum absolute atomic E-state index is 13.7. The van der Waals surface area contributed by atoms with E-state index in [1.165, 1.54) is 27.0 Å². The molecule has 5 heterocycles. The summed E-state index contributed by atoms with van der Waals surface area (Å²) in [5.41, 5.74) is 0.965. The third-order valence-corrected chi connectivity index (χ3v) is 11.9. The van der Waals surface area contributed by atoms with E-state index in [0.29, 0.717) is 41.3 Å². The van der Waals surface area contributed by atoms with Gasteiger partial charge in [0.1, 0.15) is 10.0 Å². The second-order valence-electron chi connectivity index (χ2n) is 9.71. The monoisotopic (exact) mass is 624 g/mol. The van der Waals surface area contributed by atoms with Gasteiger partial charge in [0.25, 0.3) is 15.9 Å². The summed E-state index contributed by atoms with van der Waals surface area (Å²) >= 11 is 13.7. The first-order valence-electron chi connectivity index (χ1n) is 12.4. The molecule has 0 saturated carbocycles. The third kappa shape index (κ3) is 5.43. The molecule has 4 aromatic rings. The molecule has 1 aromatic carbocycles. The van der Waals surface area contributed by atoms with Crippen LogP contribution in [0.1, 0.15) is 39.5 Å². The highest BCUT2D eigenvalue weighted by atomic mass is 35.5. The van der Waals surface area contributed by atoms with Gasteiger partial charge in [0.05, 0.1) is 5.69 Å². The number of carbonyl (C=O) groups excluding carboxylic acids is 1. The van der Waals surface area contributed by atoms with Crippen LogP contribution in [0.3, 0.4) is 0 Å². The van der Waals surface area contributed by atoms with Crippen LogP contribution in [0.2, 0.25) is 5.02 Å². The van der Waals surface area contributed by atoms with Gasteiger partial charge in [-0.1, -0.05) is 17.7 Å². The number of aromatic amines is 1. The Labute approximate surface area is 243 Å². The van der Waals surface area contributed by atoms with E-state index in [1.807, 2.05) is 6.07 Å². The number of sulfonamides is 1. The van der Waals surface area contributed by atoms with Gasteiger partial charge in [0.15, 0.2) is 5.01 Å². The van der Waals surface area contributed by atoms with Crippen molar-refractivity contribution >= 4 is 72.5 Å². The molecular formula is C24H25ClN6O4S4. The highest BCUT2D eigenvalue weighted by molar-refractivity contribution is 7.91. The molecule has 1 amide bonds. The lowest BCUT2D eigenvalue weighted by Crippen LogP contribution is -2.56. The number of nitrogens with zero attached hydrogens (tertiary/aromatic N) is 4. The van der Waals surface area contributed by atoms with Crippen molar-refractivity contribution in [1.82, 2.24) is 29.6 Å². The van der Waals surface area contributed by atoms with Crippen LogP contribution in [-0.4, -0.2) is 70.4 Å². The molecule has 15 heteroatoms. The van der Waals surface area contributed by atoms with E-state index in [0.717, 1.165) is 27.1 Å². The predicted molar refractivity (Wildman–Crippen MR) is 153 cm³/mol. The zero-order valence-corrected chi connectivity index (χ0v) is 24.9. The summed E-state index contributed by atoms with van der Waals surface area (Å²) in [5, 5.41) is 7.93. The molecule has 0 radical (unpaired) electrons. The van der Waals surface area contributed by atoms with E-state index in [-0.39, 0.29) is 40.6 Å². The fourth-order valence-corrected chi connectivity index (χ4v) is 9.43. The predicted octanol–water partition coefficient (Wildman–Crippen LogP) is 4.24. The van der Waals surface area contributed by atoms with Crippen LogP contribution in [-0.2, 0) is 29.4 Å². The van der Waals surface area contributed by atoms with Crippen LogP contribution in [0, 0.1) is 4.84 Å². The lowest BCUT2D eigenvalue weighted by Gasteiger charge is -2.40. The van der Waals surface area contributed by atoms with Gasteiger partial charge in [-0.2, -0.15) is 9.29 Å². The van der Waals surface area contributed by atoms with Crippen LogP contribution in [0.5, 0.6) is 0 Å². The molecule has 39 heavy (non-hydrogen) atoms. The van der Waals surface area contributed by atoms with Gasteiger partial charge in [-0.15, -0.1) is 22.7 Å². The first kappa shape index (κ1) is 27.0. The quantitative estimate of drug-likeness (QED) is 0.305. The van der Waals surface area contributed by atoms with Gasteiger partial charge < -0.3 is 14.7 Å². The summed E-state index contributed by atoms with van der Waals surface area (Å²) in [6.07, 6.45) is 1.70. The molecule has 206 valence electrons. The Morgan fingerprint density at radius 1 is 1.26 bits per heavy atom. The average Bonchev–Trinajstić information content (AvgIpc) is 3.64. The number of benzene rings is 1. The Bertz CT molecular complexity index is 1710. The summed E-state index contributed by atoms with van der Waals surface area (Å²) < 4.78 is 35.0. The van der Waals surface area contributed by atoms with Gasteiger partial charge >= 0.3 is 4.84 Å². The molecular weight excluding hydrogens is 600 g/mol. The molecule has 0 aliphatic carbocycles. The zero-order chi connectivity index (χ0) is 27.3. The topological polar surface area (TPSA) is 124 Å². The molecule has 1 fully saturated rings. The van der Waals surface area contributed by atoms with E-state index in [9.17, 15) is 13.2 Å². The van der Waals surface area contributed by atoms with Crippen molar-refractivity contribution < 1.29 is 17.7 Å². The van der Waals surface area contributed by atoms with Crippen LogP contribution < -0.4 is 5.32 Å². The molecule has 0 bridgehead atoms. The number of hydrogen-bond donors (Lipinski definition) is 2. The Hall–Kier alpha value is -2.20. The van der Waals surface area contributed by atoms with Crippen molar-refractivity contribution in [3.05, 3.63) is 55.5 Å². The molecule has 0 spiro atoms. The molecule has 3 aromatic heterocycles. The van der Waals surface area contributed by atoms with Gasteiger partial charge in [-0.05, 0) is 49.1 Å². The maximum Gasteiger partial charge on any atom is 0.314 e. The molecule has 6 rings (SSSR count). The standard InChI is InChI=1S/C24H25ClN6O4S4/c1-13-8-17-19(11-26-13)38-22(27-17)23(32)31-7-6-30(12-16(31)4-5-20-28-24(36)35-29-20)39(33,34)21-9-14-2-3-15(25)10-18(14)37-21/h2-3,9-10,13,16,26H,4-8,11-12H2,1H3,(H,28,29,36). The summed E-state index contributed by atoms with van der Waals surface area (Å²) in [7, 11) is -3.78. The lowest BCUT2D eigenvalue weighted by molar-refractivity contribution is 0.0550. The van der Waals surface area contributed by atoms with Gasteiger partial charge in [-0.3, -0.25) is 4.79 Å². The fraction of sp³-hybridized carbons (Fsp3) is 0.417. The van der Waals surface area contributed by atoms with E-state index < -0.39 is 10.0 Å². The van der Waals surface area contributed by atoms with Gasteiger partial charge in [0.2, 0.25) is 0 Å². The largest absolute Gasteiger partial charge is 0.348 e. The van der Waals surface area contributed by atoms with Crippen molar-refractivity contribution in [3.63, 3.8) is 0 Å². The van der Waals surface area contributed by atoms with Crippen LogP contribution in [0.25, 0.3) is 10.1 Å². The summed E-state index contributed by atoms with van der Waals surface area (Å²) in [4.78, 5) is 25.5. The van der Waals surface area contributed by atoms with Gasteiger partial charge in [0, 0.05) is 65.7 Å². The fourth-order valence-electron chi connectivity index (χ4n) is 4.99. The SMILES string of the molecule is CC1Cc2nc(C(=O)N3CCN(S(=O)(=O)c4cc5ccc(Cl)cc5s4)CC3CCc3nc(=S)o[nH]3)sc2CN1. The number of nitrogens with one attached hydrogen (secondary N) is 2. The molecule has 2 aliphatic heterocycles. The second kappa shape index (κ2) is 10.7. The molecule has 1 saturated heterocycles. The molecule has 2 unspecified atom stereocenters.